The van der Waals surface area contributed by atoms with Crippen molar-refractivity contribution in [2.75, 3.05) is 43.6 Å². The van der Waals surface area contributed by atoms with Crippen LogP contribution in [0.15, 0.2) is 77.9 Å². The predicted molar refractivity (Wildman–Crippen MR) is 205 cm³/mol. The topological polar surface area (TPSA) is 117 Å². The van der Waals surface area contributed by atoms with Gasteiger partial charge in [-0.05, 0) is 61.9 Å². The van der Waals surface area contributed by atoms with Crippen molar-refractivity contribution in [1.29, 1.82) is 0 Å². The van der Waals surface area contributed by atoms with Crippen molar-refractivity contribution in [2.45, 2.75) is 72.5 Å². The number of fused-ring (bicyclic) bond motifs is 2. The summed E-state index contributed by atoms with van der Waals surface area (Å²) >= 11 is 0. The van der Waals surface area contributed by atoms with Gasteiger partial charge in [-0.25, -0.2) is 9.37 Å². The number of aldehydes is 1. The Morgan fingerprint density at radius 3 is 2.41 bits per heavy atom. The molecule has 5 heterocycles. The number of aromatic nitrogens is 4. The molecule has 1 atom stereocenters. The van der Waals surface area contributed by atoms with Crippen LogP contribution in [0.5, 0.6) is 0 Å². The number of nitrogens with zero attached hydrogens (tertiary/aromatic N) is 4. The lowest BCUT2D eigenvalue weighted by atomic mass is 9.96. The molecule has 1 saturated heterocycles. The third-order valence-corrected chi connectivity index (χ3v) is 8.62. The molecule has 0 amide bonds. The van der Waals surface area contributed by atoms with Crippen LogP contribution >= 0.6 is 0 Å². The number of nitrogens with one attached hydrogen (secondary N) is 3. The number of ether oxygens (including phenoxy) is 1. The van der Waals surface area contributed by atoms with E-state index in [4.69, 9.17) is 4.74 Å². The maximum Gasteiger partial charge on any atom is 0.277 e. The molecule has 3 N–H and O–H groups in total. The number of carbonyl (C=O) groups excluding carboxylic acids is 1. The van der Waals surface area contributed by atoms with Crippen LogP contribution in [0.1, 0.15) is 70.0 Å². The Labute approximate surface area is 300 Å². The Balaban J connectivity index is 0.000000267. The number of aromatic amines is 1. The van der Waals surface area contributed by atoms with Gasteiger partial charge in [0.1, 0.15) is 23.6 Å². The fourth-order valence-corrected chi connectivity index (χ4v) is 5.85. The molecule has 10 nitrogen and oxygen atoms in total. The Bertz CT molecular complexity index is 1830. The summed E-state index contributed by atoms with van der Waals surface area (Å²) in [5.74, 6) is -0.301. The molecule has 2 aliphatic rings. The molecule has 0 radical (unpaired) electrons. The summed E-state index contributed by atoms with van der Waals surface area (Å²) < 4.78 is 21.1. The molecule has 2 aliphatic heterocycles. The molecule has 3 aromatic heterocycles. The molecule has 1 fully saturated rings. The van der Waals surface area contributed by atoms with Crippen LogP contribution in [-0.2, 0) is 29.0 Å². The van der Waals surface area contributed by atoms with Crippen molar-refractivity contribution in [2.24, 2.45) is 0 Å². The van der Waals surface area contributed by atoms with Gasteiger partial charge in [0, 0.05) is 54.3 Å². The van der Waals surface area contributed by atoms with Gasteiger partial charge in [0.15, 0.2) is 0 Å². The van der Waals surface area contributed by atoms with Gasteiger partial charge in [-0.3, -0.25) is 14.3 Å². The second-order valence-corrected chi connectivity index (χ2v) is 12.0. The van der Waals surface area contributed by atoms with E-state index in [2.05, 4.69) is 74.7 Å². The van der Waals surface area contributed by atoms with Gasteiger partial charge in [0.25, 0.3) is 5.56 Å². The second-order valence-electron chi connectivity index (χ2n) is 12.0. The van der Waals surface area contributed by atoms with Gasteiger partial charge < -0.3 is 30.0 Å². The smallest absolute Gasteiger partial charge is 0.277 e. The predicted octanol–water partition coefficient (Wildman–Crippen LogP) is 7.30. The molecule has 1 unspecified atom stereocenters. The van der Waals surface area contributed by atoms with E-state index in [-0.39, 0.29) is 29.5 Å². The number of H-pyrrole nitrogens is 1. The number of anilines is 2. The second kappa shape index (κ2) is 20.1. The molecular weight excluding hydrogens is 645 g/mol. The number of hydrogen-bond acceptors (Lipinski definition) is 8. The number of carbonyl (C=O) groups is 1. The molecule has 0 spiro atoms. The third-order valence-electron chi connectivity index (χ3n) is 8.62. The number of halogens is 1. The van der Waals surface area contributed by atoms with Crippen molar-refractivity contribution in [1.82, 2.24) is 24.8 Å². The zero-order valence-corrected chi connectivity index (χ0v) is 30.5. The lowest BCUT2D eigenvalue weighted by Gasteiger charge is -2.30. The molecule has 0 bridgehead atoms. The van der Waals surface area contributed by atoms with Gasteiger partial charge >= 0.3 is 0 Å². The average molecular weight is 698 g/mol. The Morgan fingerprint density at radius 2 is 1.76 bits per heavy atom. The minimum absolute atomic E-state index is 0.0465. The Hall–Kier alpha value is -4.87. The molecule has 0 aliphatic carbocycles. The Kier molecular flexibility index (Phi) is 15.3. The molecule has 7 rings (SSSR count). The fourth-order valence-electron chi connectivity index (χ4n) is 5.85. The third kappa shape index (κ3) is 10.1. The standard InChI is InChI=1S/C25H25FN4O3.C9H11N3.C4H10.C2H6/c26-20-4-2-1-3-19(20)24-28-22-10-9-21(27-23(22)25(32)30(24)11-14-31)17-5-7-18(8-6-17)29-12-15-33-16-13-29;1-10-6-8-4-7-5-11-3-2-9(7)12-8;1-3-4-2;1-2/h1-8,14,21,27H,9-13,15-16H2;2-5,10,12H,6H2,1H3;3-4H2,1-2H3;1-2H3. The zero-order valence-electron chi connectivity index (χ0n) is 30.5. The van der Waals surface area contributed by atoms with Crippen LogP contribution in [0.25, 0.3) is 22.3 Å². The number of pyridine rings is 1. The molecule has 2 aromatic carbocycles. The van der Waals surface area contributed by atoms with E-state index in [1.165, 1.54) is 34.6 Å². The lowest BCUT2D eigenvalue weighted by molar-refractivity contribution is -0.108. The van der Waals surface area contributed by atoms with Crippen molar-refractivity contribution in [3.63, 3.8) is 0 Å². The molecular formula is C40H52FN7O3. The number of benzene rings is 2. The van der Waals surface area contributed by atoms with Gasteiger partial charge in [0.05, 0.1) is 37.1 Å². The van der Waals surface area contributed by atoms with E-state index >= 15 is 0 Å². The lowest BCUT2D eigenvalue weighted by Crippen LogP contribution is -2.36. The minimum atomic E-state index is -0.481. The van der Waals surface area contributed by atoms with Crippen molar-refractivity contribution >= 4 is 28.6 Å². The average Bonchev–Trinajstić information content (AvgIpc) is 3.60. The van der Waals surface area contributed by atoms with Gasteiger partial charge in [-0.1, -0.05) is 64.8 Å². The monoisotopic (exact) mass is 697 g/mol. The highest BCUT2D eigenvalue weighted by Crippen LogP contribution is 2.32. The van der Waals surface area contributed by atoms with Crippen LogP contribution in [0.3, 0.4) is 0 Å². The van der Waals surface area contributed by atoms with Crippen LogP contribution in [0.2, 0.25) is 0 Å². The fraction of sp³-hybridized carbons (Fsp3) is 0.400. The summed E-state index contributed by atoms with van der Waals surface area (Å²) in [5.41, 5.74) is 5.41. The summed E-state index contributed by atoms with van der Waals surface area (Å²) in [6, 6.07) is 18.6. The van der Waals surface area contributed by atoms with E-state index < -0.39 is 5.82 Å². The number of morpholine rings is 1. The number of rotatable bonds is 8. The Morgan fingerprint density at radius 1 is 1.04 bits per heavy atom. The van der Waals surface area contributed by atoms with E-state index in [0.29, 0.717) is 24.1 Å². The van der Waals surface area contributed by atoms with Crippen molar-refractivity contribution in [3.8, 4) is 11.4 Å². The zero-order chi connectivity index (χ0) is 36.6. The van der Waals surface area contributed by atoms with Crippen molar-refractivity contribution < 1.29 is 13.9 Å². The van der Waals surface area contributed by atoms with Crippen LogP contribution in [-0.4, -0.2) is 59.2 Å². The molecule has 51 heavy (non-hydrogen) atoms. The van der Waals surface area contributed by atoms with Crippen LogP contribution in [0, 0.1) is 5.82 Å². The summed E-state index contributed by atoms with van der Waals surface area (Å²) in [4.78, 5) is 38.8. The highest BCUT2D eigenvalue weighted by Gasteiger charge is 2.26. The quantitative estimate of drug-likeness (QED) is 0.145. The van der Waals surface area contributed by atoms with Crippen molar-refractivity contribution in [3.05, 3.63) is 106 Å². The first kappa shape index (κ1) is 38.9. The van der Waals surface area contributed by atoms with Gasteiger partial charge in [0.2, 0.25) is 0 Å². The van der Waals surface area contributed by atoms with E-state index in [9.17, 15) is 14.0 Å². The highest BCUT2D eigenvalue weighted by molar-refractivity contribution is 5.79. The van der Waals surface area contributed by atoms with Gasteiger partial charge in [-0.2, -0.15) is 0 Å². The molecule has 272 valence electrons. The highest BCUT2D eigenvalue weighted by atomic mass is 19.1. The molecule has 11 heteroatoms. The maximum atomic E-state index is 14.4. The summed E-state index contributed by atoms with van der Waals surface area (Å²) in [6.07, 6.45) is 8.26. The summed E-state index contributed by atoms with van der Waals surface area (Å²) in [7, 11) is 1.93. The molecule has 0 saturated carbocycles. The normalized spacial score (nSPS) is 14.8. The first-order chi connectivity index (χ1) is 25.0. The first-order valence-corrected chi connectivity index (χ1v) is 18.0. The first-order valence-electron chi connectivity index (χ1n) is 18.0. The molecule has 5 aromatic rings. The number of hydrogen-bond donors (Lipinski definition) is 3. The maximum absolute atomic E-state index is 14.4. The van der Waals surface area contributed by atoms with E-state index in [1.807, 2.05) is 33.2 Å². The summed E-state index contributed by atoms with van der Waals surface area (Å²) in [5, 5.41) is 7.60. The number of unbranched alkanes of at least 4 members (excludes halogenated alkanes) is 1. The van der Waals surface area contributed by atoms with Crippen LogP contribution < -0.4 is 21.1 Å². The van der Waals surface area contributed by atoms with Gasteiger partial charge in [-0.15, -0.1) is 0 Å². The minimum Gasteiger partial charge on any atom is -0.378 e. The van der Waals surface area contributed by atoms with E-state index in [1.54, 1.807) is 24.4 Å². The SMILES string of the molecule is CC.CCCC.CNCc1cc2cnccc2[nH]1.O=CCn1c(-c2ccccc2F)nc2c(c1=O)NC(c1ccc(N3CCOCC3)cc1)CC2. The van der Waals surface area contributed by atoms with E-state index in [0.717, 1.165) is 56.0 Å². The number of aryl methyl sites for hydroxylation is 1. The summed E-state index contributed by atoms with van der Waals surface area (Å²) in [6.45, 7) is 12.3. The van der Waals surface area contributed by atoms with Crippen LogP contribution in [0.4, 0.5) is 15.8 Å². The largest absolute Gasteiger partial charge is 0.378 e.